The first-order valence-electron chi connectivity index (χ1n) is 8.81. The smallest absolute Gasteiger partial charge is 0.438 e. The fraction of sp³-hybridized carbons (Fsp3) is 0.556. The highest BCUT2D eigenvalue weighted by atomic mass is 35.5. The van der Waals surface area contributed by atoms with Crippen molar-refractivity contribution in [2.45, 2.75) is 64.0 Å². The number of carbonyl (C=O) groups excluding carboxylic acids is 1. The Morgan fingerprint density at radius 1 is 1.39 bits per heavy atom. The van der Waals surface area contributed by atoms with Crippen LogP contribution in [0.15, 0.2) is 23.3 Å². The van der Waals surface area contributed by atoms with Crippen molar-refractivity contribution in [1.29, 1.82) is 0 Å². The van der Waals surface area contributed by atoms with Crippen LogP contribution in [0.1, 0.15) is 46.0 Å². The molecule has 0 saturated carbocycles. The van der Waals surface area contributed by atoms with Gasteiger partial charge in [0.15, 0.2) is 6.10 Å². The number of halogens is 5. The number of alkyl halides is 3. The lowest BCUT2D eigenvalue weighted by Gasteiger charge is -2.33. The maximum Gasteiger partial charge on any atom is 0.438 e. The van der Waals surface area contributed by atoms with Gasteiger partial charge in [-0.05, 0) is 38.0 Å². The van der Waals surface area contributed by atoms with E-state index < -0.39 is 30.3 Å². The first kappa shape index (κ1) is 22.8. The molecule has 0 saturated heterocycles. The summed E-state index contributed by atoms with van der Waals surface area (Å²) in [5, 5.41) is 14.6. The van der Waals surface area contributed by atoms with Crippen molar-refractivity contribution in [2.75, 3.05) is 0 Å². The number of amides is 1. The zero-order valence-corrected chi connectivity index (χ0v) is 16.9. The lowest BCUT2D eigenvalue weighted by Crippen LogP contribution is -2.58. The van der Waals surface area contributed by atoms with Crippen molar-refractivity contribution in [3.05, 3.63) is 28.2 Å². The Balaban J connectivity index is 2.22. The minimum Gasteiger partial charge on any atom is -0.479 e. The minimum absolute atomic E-state index is 0.0776. The fourth-order valence-electron chi connectivity index (χ4n) is 2.77. The number of hydrazone groups is 1. The first-order chi connectivity index (χ1) is 13.0. The van der Waals surface area contributed by atoms with Crippen LogP contribution in [0.2, 0.25) is 10.0 Å². The molecule has 0 aliphatic carbocycles. The molecule has 0 unspecified atom stereocenters. The summed E-state index contributed by atoms with van der Waals surface area (Å²) in [4.78, 5) is 12.6. The number of hydrogen-bond acceptors (Lipinski definition) is 4. The molecule has 5 nitrogen and oxygen atoms in total. The summed E-state index contributed by atoms with van der Waals surface area (Å²) < 4.78 is 46.0. The van der Waals surface area contributed by atoms with Crippen molar-refractivity contribution >= 4 is 34.8 Å². The van der Waals surface area contributed by atoms with E-state index in [1.807, 2.05) is 6.92 Å². The summed E-state index contributed by atoms with van der Waals surface area (Å²) in [5.41, 5.74) is -3.27. The highest BCUT2D eigenvalue weighted by Gasteiger charge is 2.63. The molecule has 1 heterocycles. The summed E-state index contributed by atoms with van der Waals surface area (Å²) in [6.45, 7) is 3.22. The molecule has 1 aromatic carbocycles. The second-order valence-electron chi connectivity index (χ2n) is 6.60. The van der Waals surface area contributed by atoms with Gasteiger partial charge in [0.2, 0.25) is 0 Å². The number of aliphatic hydroxyl groups is 1. The van der Waals surface area contributed by atoms with Crippen LogP contribution < -0.4 is 4.74 Å². The van der Waals surface area contributed by atoms with Gasteiger partial charge in [0, 0.05) is 17.2 Å². The van der Waals surface area contributed by atoms with E-state index in [1.54, 1.807) is 0 Å². The van der Waals surface area contributed by atoms with Crippen molar-refractivity contribution < 1.29 is 27.8 Å². The molecule has 2 atom stereocenters. The highest BCUT2D eigenvalue weighted by Crippen LogP contribution is 2.41. The molecule has 10 heteroatoms. The predicted octanol–water partition coefficient (Wildman–Crippen LogP) is 5.18. The summed E-state index contributed by atoms with van der Waals surface area (Å²) in [7, 11) is 0. The molecule has 1 aliphatic rings. The maximum atomic E-state index is 13.5. The van der Waals surface area contributed by atoms with E-state index in [1.165, 1.54) is 25.1 Å². The number of carbonyl (C=O) groups is 1. The largest absolute Gasteiger partial charge is 0.479 e. The third-order valence-electron chi connectivity index (χ3n) is 4.32. The number of hydrogen-bond donors (Lipinski definition) is 1. The zero-order chi connectivity index (χ0) is 21.1. The van der Waals surface area contributed by atoms with Crippen LogP contribution in [0.4, 0.5) is 13.2 Å². The number of unbranched alkanes of at least 4 members (excludes halogenated alkanes) is 2. The van der Waals surface area contributed by atoms with E-state index in [0.29, 0.717) is 11.4 Å². The number of rotatable bonds is 7. The van der Waals surface area contributed by atoms with E-state index >= 15 is 0 Å². The van der Waals surface area contributed by atoms with Crippen molar-refractivity contribution in [1.82, 2.24) is 5.01 Å². The van der Waals surface area contributed by atoms with Crippen LogP contribution in [0, 0.1) is 0 Å². The SMILES string of the molecule is CCCCCC1=NN(C(=O)[C@H](C)Oc2ccc(Cl)cc2Cl)[C@@](O)(C(F)(F)F)C1. The van der Waals surface area contributed by atoms with Crippen molar-refractivity contribution in [3.63, 3.8) is 0 Å². The minimum atomic E-state index is -5.07. The van der Waals surface area contributed by atoms with Gasteiger partial charge in [0.25, 0.3) is 11.6 Å². The fourth-order valence-corrected chi connectivity index (χ4v) is 3.23. The van der Waals surface area contributed by atoms with Crippen molar-refractivity contribution in [3.8, 4) is 5.75 Å². The van der Waals surface area contributed by atoms with Gasteiger partial charge in [-0.2, -0.15) is 23.3 Å². The third kappa shape index (κ3) is 4.90. The van der Waals surface area contributed by atoms with E-state index in [9.17, 15) is 23.1 Å². The molecular weight excluding hydrogens is 420 g/mol. The van der Waals surface area contributed by atoms with Crippen LogP contribution in [0.5, 0.6) is 5.75 Å². The van der Waals surface area contributed by atoms with E-state index in [4.69, 9.17) is 27.9 Å². The molecule has 0 radical (unpaired) electrons. The van der Waals surface area contributed by atoms with Gasteiger partial charge >= 0.3 is 6.18 Å². The Kier molecular flexibility index (Phi) is 7.22. The highest BCUT2D eigenvalue weighted by molar-refractivity contribution is 6.35. The summed E-state index contributed by atoms with van der Waals surface area (Å²) in [6.07, 6.45) is -4.63. The Bertz CT molecular complexity index is 758. The third-order valence-corrected chi connectivity index (χ3v) is 4.85. The molecule has 0 fully saturated rings. The van der Waals surface area contributed by atoms with Gasteiger partial charge in [-0.1, -0.05) is 43.0 Å². The van der Waals surface area contributed by atoms with Crippen LogP contribution >= 0.6 is 23.2 Å². The number of nitrogens with zero attached hydrogens (tertiary/aromatic N) is 2. The molecule has 1 amide bonds. The second-order valence-corrected chi connectivity index (χ2v) is 7.44. The van der Waals surface area contributed by atoms with Gasteiger partial charge in [0.1, 0.15) is 5.75 Å². The Morgan fingerprint density at radius 2 is 2.07 bits per heavy atom. The predicted molar refractivity (Wildman–Crippen MR) is 101 cm³/mol. The van der Waals surface area contributed by atoms with Crippen LogP contribution in [-0.2, 0) is 4.79 Å². The maximum absolute atomic E-state index is 13.5. The van der Waals surface area contributed by atoms with E-state index in [-0.39, 0.29) is 27.9 Å². The summed E-state index contributed by atoms with van der Waals surface area (Å²) in [5.74, 6) is -1.05. The summed E-state index contributed by atoms with van der Waals surface area (Å²) in [6, 6.07) is 4.24. The molecule has 0 spiro atoms. The zero-order valence-electron chi connectivity index (χ0n) is 15.4. The molecule has 0 bridgehead atoms. The average molecular weight is 441 g/mol. The molecular formula is C18H21Cl2F3N2O3. The molecule has 2 rings (SSSR count). The summed E-state index contributed by atoms with van der Waals surface area (Å²) >= 11 is 11.8. The average Bonchev–Trinajstić information content (AvgIpc) is 2.94. The van der Waals surface area contributed by atoms with Crippen molar-refractivity contribution in [2.24, 2.45) is 5.10 Å². The quantitative estimate of drug-likeness (QED) is 0.594. The lowest BCUT2D eigenvalue weighted by atomic mass is 10.0. The first-order valence-corrected chi connectivity index (χ1v) is 9.56. The van der Waals surface area contributed by atoms with E-state index in [2.05, 4.69) is 5.10 Å². The standard InChI is InChI=1S/C18H21Cl2F3N2O3/c1-3-4-5-6-13-10-17(27,18(21,22)23)25(24-13)16(26)11(2)28-15-8-7-12(19)9-14(15)20/h7-9,11,27H,3-6,10H2,1-2H3/t11-,17-/m0/s1. The second kappa shape index (κ2) is 8.88. The molecule has 1 N–H and O–H groups in total. The monoisotopic (exact) mass is 440 g/mol. The van der Waals surface area contributed by atoms with E-state index in [0.717, 1.165) is 12.8 Å². The molecule has 28 heavy (non-hydrogen) atoms. The number of ether oxygens (including phenoxy) is 1. The normalized spacial score (nSPS) is 20.9. The molecule has 1 aliphatic heterocycles. The molecule has 156 valence electrons. The van der Waals surface area contributed by atoms with Crippen LogP contribution in [0.3, 0.4) is 0 Å². The van der Waals surface area contributed by atoms with Gasteiger partial charge in [-0.3, -0.25) is 4.79 Å². The van der Waals surface area contributed by atoms with Gasteiger partial charge < -0.3 is 9.84 Å². The molecule has 1 aromatic rings. The number of benzene rings is 1. The van der Waals surface area contributed by atoms with Gasteiger partial charge in [-0.15, -0.1) is 0 Å². The van der Waals surface area contributed by atoms with Crippen LogP contribution in [0.25, 0.3) is 0 Å². The van der Waals surface area contributed by atoms with Gasteiger partial charge in [0.05, 0.1) is 5.02 Å². The lowest BCUT2D eigenvalue weighted by molar-refractivity contribution is -0.303. The Morgan fingerprint density at radius 3 is 2.64 bits per heavy atom. The Hall–Kier alpha value is -1.51. The van der Waals surface area contributed by atoms with Crippen LogP contribution in [-0.4, -0.2) is 39.7 Å². The van der Waals surface area contributed by atoms with Gasteiger partial charge in [-0.25, -0.2) is 0 Å². The topological polar surface area (TPSA) is 62.1 Å². The molecule has 0 aromatic heterocycles. The Labute approximate surface area is 171 Å².